The first-order chi connectivity index (χ1) is 13.1. The lowest BCUT2D eigenvalue weighted by Crippen LogP contribution is -2.43. The molecule has 0 heterocycles. The highest BCUT2D eigenvalue weighted by Crippen LogP contribution is 2.46. The maximum atomic E-state index is 12.6. The van der Waals surface area contributed by atoms with Crippen molar-refractivity contribution in [3.8, 4) is 5.75 Å². The second-order valence-corrected chi connectivity index (χ2v) is 7.08. The molecule has 0 spiro atoms. The first-order valence-corrected chi connectivity index (χ1v) is 9.36. The quantitative estimate of drug-likeness (QED) is 0.685. The molecule has 2 N–H and O–H groups in total. The minimum Gasteiger partial charge on any atom is -0.496 e. The van der Waals surface area contributed by atoms with Gasteiger partial charge in [0.2, 0.25) is 11.8 Å². The summed E-state index contributed by atoms with van der Waals surface area (Å²) in [6.45, 7) is 0.771. The van der Waals surface area contributed by atoms with E-state index in [4.69, 9.17) is 16.3 Å². The number of ether oxygens (including phenoxy) is 1. The number of rotatable bonds is 8. The molecule has 6 heteroatoms. The fourth-order valence-electron chi connectivity index (χ4n) is 3.06. The molecule has 2 amide bonds. The molecule has 1 saturated carbocycles. The summed E-state index contributed by atoms with van der Waals surface area (Å²) < 4.78 is 5.32. The van der Waals surface area contributed by atoms with E-state index in [0.29, 0.717) is 37.4 Å². The Bertz CT molecular complexity index is 834. The van der Waals surface area contributed by atoms with Gasteiger partial charge in [-0.1, -0.05) is 48.0 Å². The van der Waals surface area contributed by atoms with Crippen molar-refractivity contribution in [3.63, 3.8) is 0 Å². The van der Waals surface area contributed by atoms with Crippen LogP contribution in [0.1, 0.15) is 24.0 Å². The minimum absolute atomic E-state index is 0.214. The second kappa shape index (κ2) is 8.44. The molecule has 0 bridgehead atoms. The number of hydrogen-bond acceptors (Lipinski definition) is 3. The molecule has 0 unspecified atom stereocenters. The van der Waals surface area contributed by atoms with Crippen molar-refractivity contribution in [2.45, 2.75) is 25.8 Å². The third kappa shape index (κ3) is 4.42. The number of amides is 2. The molecule has 1 fully saturated rings. The van der Waals surface area contributed by atoms with Crippen LogP contribution in [0, 0.1) is 5.41 Å². The number of carbonyl (C=O) groups excluding carboxylic acids is 2. The average Bonchev–Trinajstić information content (AvgIpc) is 3.49. The molecule has 2 aromatic carbocycles. The Kier molecular flexibility index (Phi) is 6.01. The smallest absolute Gasteiger partial charge is 0.235 e. The Morgan fingerprint density at radius 1 is 1.00 bits per heavy atom. The van der Waals surface area contributed by atoms with E-state index in [2.05, 4.69) is 10.6 Å². The highest BCUT2D eigenvalue weighted by molar-refractivity contribution is 6.31. The van der Waals surface area contributed by atoms with E-state index < -0.39 is 5.41 Å². The van der Waals surface area contributed by atoms with Crippen molar-refractivity contribution in [2.75, 3.05) is 13.7 Å². The van der Waals surface area contributed by atoms with Crippen molar-refractivity contribution in [1.82, 2.24) is 10.6 Å². The summed E-state index contributed by atoms with van der Waals surface area (Å²) in [7, 11) is 1.62. The van der Waals surface area contributed by atoms with Gasteiger partial charge < -0.3 is 15.4 Å². The highest BCUT2D eigenvalue weighted by atomic mass is 35.5. The first kappa shape index (κ1) is 19.2. The van der Waals surface area contributed by atoms with Crippen molar-refractivity contribution < 1.29 is 14.3 Å². The number of methoxy groups -OCH3 is 1. The monoisotopic (exact) mass is 386 g/mol. The molecule has 3 rings (SSSR count). The summed E-state index contributed by atoms with van der Waals surface area (Å²) in [6, 6.07) is 15.0. The molecule has 0 saturated heterocycles. The predicted octanol–water partition coefficient (Wildman–Crippen LogP) is 3.10. The topological polar surface area (TPSA) is 67.4 Å². The third-order valence-electron chi connectivity index (χ3n) is 4.89. The lowest BCUT2D eigenvalue weighted by Gasteiger charge is -2.16. The number of benzene rings is 2. The van der Waals surface area contributed by atoms with E-state index in [0.717, 1.165) is 16.9 Å². The minimum atomic E-state index is -0.942. The van der Waals surface area contributed by atoms with Gasteiger partial charge in [0.05, 0.1) is 7.11 Å². The zero-order valence-electron chi connectivity index (χ0n) is 15.3. The summed E-state index contributed by atoms with van der Waals surface area (Å²) in [5, 5.41) is 6.34. The SMILES string of the molecule is COc1ccccc1CCNC(=O)C1(C(=O)NCc2ccccc2Cl)CC1. The molecule has 5 nitrogen and oxygen atoms in total. The van der Waals surface area contributed by atoms with Crippen LogP contribution in [0.15, 0.2) is 48.5 Å². The van der Waals surface area contributed by atoms with E-state index in [-0.39, 0.29) is 11.8 Å². The predicted molar refractivity (Wildman–Crippen MR) is 105 cm³/mol. The van der Waals surface area contributed by atoms with Crippen molar-refractivity contribution in [2.24, 2.45) is 5.41 Å². The Morgan fingerprint density at radius 3 is 2.30 bits per heavy atom. The molecular formula is C21H23ClN2O3. The second-order valence-electron chi connectivity index (χ2n) is 6.67. The molecule has 0 aliphatic heterocycles. The summed E-state index contributed by atoms with van der Waals surface area (Å²) in [6.07, 6.45) is 1.79. The van der Waals surface area contributed by atoms with Crippen LogP contribution in [-0.2, 0) is 22.6 Å². The molecule has 0 atom stereocenters. The van der Waals surface area contributed by atoms with Crippen LogP contribution in [-0.4, -0.2) is 25.5 Å². The molecule has 142 valence electrons. The van der Waals surface area contributed by atoms with Crippen LogP contribution < -0.4 is 15.4 Å². The third-order valence-corrected chi connectivity index (χ3v) is 5.26. The number of hydrogen-bond donors (Lipinski definition) is 2. The molecule has 1 aliphatic rings. The number of carbonyl (C=O) groups is 2. The fourth-order valence-corrected chi connectivity index (χ4v) is 3.26. The zero-order chi connectivity index (χ0) is 19.3. The first-order valence-electron chi connectivity index (χ1n) is 8.99. The summed E-state index contributed by atoms with van der Waals surface area (Å²) >= 11 is 6.11. The maximum Gasteiger partial charge on any atom is 0.235 e. The van der Waals surface area contributed by atoms with Crippen LogP contribution in [0.4, 0.5) is 0 Å². The highest BCUT2D eigenvalue weighted by Gasteiger charge is 2.56. The summed E-state index contributed by atoms with van der Waals surface area (Å²) in [4.78, 5) is 25.1. The van der Waals surface area contributed by atoms with Gasteiger partial charge in [-0.3, -0.25) is 9.59 Å². The molecule has 0 aromatic heterocycles. The normalized spacial score (nSPS) is 14.3. The molecule has 1 aliphatic carbocycles. The van der Waals surface area contributed by atoms with Crippen molar-refractivity contribution >= 4 is 23.4 Å². The maximum absolute atomic E-state index is 12.6. The standard InChI is InChI=1S/C21H23ClN2O3/c1-27-18-9-5-3-6-15(18)10-13-23-19(25)21(11-12-21)20(26)24-14-16-7-2-4-8-17(16)22/h2-9H,10-14H2,1H3,(H,23,25)(H,24,26). The van der Waals surface area contributed by atoms with Crippen LogP contribution in [0.5, 0.6) is 5.75 Å². The Balaban J connectivity index is 1.51. The van der Waals surface area contributed by atoms with E-state index in [1.807, 2.05) is 42.5 Å². The van der Waals surface area contributed by atoms with Gasteiger partial charge in [0.25, 0.3) is 0 Å². The van der Waals surface area contributed by atoms with Gasteiger partial charge in [0, 0.05) is 18.1 Å². The average molecular weight is 387 g/mol. The summed E-state index contributed by atoms with van der Waals surface area (Å²) in [5.41, 5.74) is 0.912. The van der Waals surface area contributed by atoms with Crippen LogP contribution >= 0.6 is 11.6 Å². The zero-order valence-corrected chi connectivity index (χ0v) is 16.0. The Hall–Kier alpha value is -2.53. The number of halogens is 1. The molecule has 2 aromatic rings. The van der Waals surface area contributed by atoms with Crippen LogP contribution in [0.25, 0.3) is 0 Å². The lowest BCUT2D eigenvalue weighted by atomic mass is 10.0. The van der Waals surface area contributed by atoms with Crippen LogP contribution in [0.2, 0.25) is 5.02 Å². The van der Waals surface area contributed by atoms with Gasteiger partial charge in [-0.2, -0.15) is 0 Å². The van der Waals surface area contributed by atoms with Gasteiger partial charge in [-0.15, -0.1) is 0 Å². The largest absolute Gasteiger partial charge is 0.496 e. The van der Waals surface area contributed by atoms with Crippen molar-refractivity contribution in [1.29, 1.82) is 0 Å². The summed E-state index contributed by atoms with van der Waals surface area (Å²) in [5.74, 6) is 0.344. The van der Waals surface area contributed by atoms with E-state index in [9.17, 15) is 9.59 Å². The number of nitrogens with one attached hydrogen (secondary N) is 2. The van der Waals surface area contributed by atoms with E-state index in [1.165, 1.54) is 0 Å². The van der Waals surface area contributed by atoms with Crippen molar-refractivity contribution in [3.05, 3.63) is 64.7 Å². The van der Waals surface area contributed by atoms with Gasteiger partial charge in [-0.05, 0) is 42.5 Å². The van der Waals surface area contributed by atoms with Crippen LogP contribution in [0.3, 0.4) is 0 Å². The van der Waals surface area contributed by atoms with Gasteiger partial charge >= 0.3 is 0 Å². The fraction of sp³-hybridized carbons (Fsp3) is 0.333. The number of para-hydroxylation sites is 1. The van der Waals surface area contributed by atoms with Gasteiger partial charge in [-0.25, -0.2) is 0 Å². The van der Waals surface area contributed by atoms with Gasteiger partial charge in [0.15, 0.2) is 0 Å². The van der Waals surface area contributed by atoms with E-state index in [1.54, 1.807) is 13.2 Å². The molecule has 0 radical (unpaired) electrons. The van der Waals surface area contributed by atoms with E-state index >= 15 is 0 Å². The molecule has 27 heavy (non-hydrogen) atoms. The lowest BCUT2D eigenvalue weighted by molar-refractivity contribution is -0.137. The Morgan fingerprint density at radius 2 is 1.63 bits per heavy atom. The van der Waals surface area contributed by atoms with Gasteiger partial charge in [0.1, 0.15) is 11.2 Å². The molecular weight excluding hydrogens is 364 g/mol. The Labute approximate surface area is 164 Å².